The van der Waals surface area contributed by atoms with Gasteiger partial charge in [0, 0.05) is 32.7 Å². The number of ether oxygens (including phenoxy) is 2. The van der Waals surface area contributed by atoms with Crippen LogP contribution in [0.4, 0.5) is 0 Å². The van der Waals surface area contributed by atoms with E-state index in [1.54, 1.807) is 42.8 Å². The summed E-state index contributed by atoms with van der Waals surface area (Å²) in [5.74, 6) is 1.55. The lowest BCUT2D eigenvalue weighted by molar-refractivity contribution is 0.190. The Bertz CT molecular complexity index is 845. The SMILES string of the molecule is COc1ccc(S(=O)(=O)N2CCN(CCc3ccccc3OC)CC2)cc1. The molecule has 7 heteroatoms. The Kier molecular flexibility index (Phi) is 6.36. The monoisotopic (exact) mass is 390 g/mol. The second-order valence-corrected chi connectivity index (χ2v) is 8.42. The van der Waals surface area contributed by atoms with Crippen molar-refractivity contribution in [2.45, 2.75) is 11.3 Å². The Balaban J connectivity index is 1.56. The van der Waals surface area contributed by atoms with Crippen LogP contribution in [0.25, 0.3) is 0 Å². The van der Waals surface area contributed by atoms with Gasteiger partial charge in [0.1, 0.15) is 11.5 Å². The minimum Gasteiger partial charge on any atom is -0.497 e. The fourth-order valence-corrected chi connectivity index (χ4v) is 4.70. The van der Waals surface area contributed by atoms with Gasteiger partial charge >= 0.3 is 0 Å². The zero-order valence-corrected chi connectivity index (χ0v) is 16.6. The summed E-state index contributed by atoms with van der Waals surface area (Å²) < 4.78 is 37.7. The van der Waals surface area contributed by atoms with Crippen LogP contribution >= 0.6 is 0 Å². The van der Waals surface area contributed by atoms with E-state index in [1.807, 2.05) is 18.2 Å². The smallest absolute Gasteiger partial charge is 0.243 e. The van der Waals surface area contributed by atoms with Gasteiger partial charge in [-0.05, 0) is 42.3 Å². The van der Waals surface area contributed by atoms with Gasteiger partial charge in [-0.3, -0.25) is 0 Å². The predicted molar refractivity (Wildman–Crippen MR) is 105 cm³/mol. The zero-order valence-electron chi connectivity index (χ0n) is 15.8. The molecule has 0 aromatic heterocycles. The third-order valence-electron chi connectivity index (χ3n) is 4.92. The molecule has 1 heterocycles. The number of hydrogen-bond acceptors (Lipinski definition) is 5. The first-order chi connectivity index (χ1) is 13.0. The molecule has 3 rings (SSSR count). The summed E-state index contributed by atoms with van der Waals surface area (Å²) in [5, 5.41) is 0. The lowest BCUT2D eigenvalue weighted by Gasteiger charge is -2.34. The lowest BCUT2D eigenvalue weighted by atomic mass is 10.1. The molecular weight excluding hydrogens is 364 g/mol. The minimum atomic E-state index is -3.46. The molecule has 1 saturated heterocycles. The first kappa shape index (κ1) is 19.7. The quantitative estimate of drug-likeness (QED) is 0.726. The summed E-state index contributed by atoms with van der Waals surface area (Å²) in [6, 6.07) is 14.6. The van der Waals surface area contributed by atoms with Gasteiger partial charge in [0.05, 0.1) is 19.1 Å². The Labute approximate surface area is 161 Å². The van der Waals surface area contributed by atoms with Crippen molar-refractivity contribution in [2.75, 3.05) is 46.9 Å². The third kappa shape index (κ3) is 4.61. The Morgan fingerprint density at radius 1 is 0.889 bits per heavy atom. The molecule has 0 saturated carbocycles. The number of methoxy groups -OCH3 is 2. The van der Waals surface area contributed by atoms with E-state index < -0.39 is 10.0 Å². The van der Waals surface area contributed by atoms with Crippen LogP contribution in [0.3, 0.4) is 0 Å². The van der Waals surface area contributed by atoms with Crippen LogP contribution in [-0.2, 0) is 16.4 Å². The van der Waals surface area contributed by atoms with Crippen LogP contribution in [0.1, 0.15) is 5.56 Å². The van der Waals surface area contributed by atoms with Crippen molar-refractivity contribution >= 4 is 10.0 Å². The first-order valence-electron chi connectivity index (χ1n) is 9.03. The number of benzene rings is 2. The van der Waals surface area contributed by atoms with Gasteiger partial charge in [-0.2, -0.15) is 4.31 Å². The molecule has 146 valence electrons. The molecule has 0 aliphatic carbocycles. The van der Waals surface area contributed by atoms with Gasteiger partial charge in [-0.25, -0.2) is 8.42 Å². The fourth-order valence-electron chi connectivity index (χ4n) is 3.28. The summed E-state index contributed by atoms with van der Waals surface area (Å²) in [6.45, 7) is 3.34. The summed E-state index contributed by atoms with van der Waals surface area (Å²) in [7, 11) is -0.212. The van der Waals surface area contributed by atoms with Crippen molar-refractivity contribution in [1.29, 1.82) is 0 Å². The third-order valence-corrected chi connectivity index (χ3v) is 6.83. The van der Waals surface area contributed by atoms with Crippen LogP contribution < -0.4 is 9.47 Å². The summed E-state index contributed by atoms with van der Waals surface area (Å²) in [5.41, 5.74) is 1.17. The standard InChI is InChI=1S/C20H26N2O4S/c1-25-18-7-9-19(10-8-18)27(23,24)22-15-13-21(14-16-22)12-11-17-5-3-4-6-20(17)26-2/h3-10H,11-16H2,1-2H3. The topological polar surface area (TPSA) is 59.1 Å². The molecule has 0 bridgehead atoms. The molecule has 0 amide bonds. The predicted octanol–water partition coefficient (Wildman–Crippen LogP) is 2.25. The van der Waals surface area contributed by atoms with E-state index in [-0.39, 0.29) is 0 Å². The molecule has 0 radical (unpaired) electrons. The molecule has 1 fully saturated rings. The van der Waals surface area contributed by atoms with Crippen LogP contribution in [-0.4, -0.2) is 64.6 Å². The van der Waals surface area contributed by atoms with Gasteiger partial charge in [0.2, 0.25) is 10.0 Å². The molecule has 27 heavy (non-hydrogen) atoms. The van der Waals surface area contributed by atoms with E-state index in [1.165, 1.54) is 5.56 Å². The highest BCUT2D eigenvalue weighted by molar-refractivity contribution is 7.89. The summed E-state index contributed by atoms with van der Waals surface area (Å²) in [6.07, 6.45) is 0.884. The first-order valence-corrected chi connectivity index (χ1v) is 10.5. The van der Waals surface area contributed by atoms with Crippen molar-refractivity contribution in [2.24, 2.45) is 0 Å². The molecule has 1 aliphatic rings. The molecule has 0 atom stereocenters. The molecule has 2 aromatic rings. The largest absolute Gasteiger partial charge is 0.497 e. The van der Waals surface area contributed by atoms with Crippen molar-refractivity contribution in [3.05, 3.63) is 54.1 Å². The highest BCUT2D eigenvalue weighted by Crippen LogP contribution is 2.21. The Morgan fingerprint density at radius 2 is 1.56 bits per heavy atom. The number of sulfonamides is 1. The number of nitrogens with zero attached hydrogens (tertiary/aromatic N) is 2. The van der Waals surface area contributed by atoms with Gasteiger partial charge in [0.15, 0.2) is 0 Å². The van der Waals surface area contributed by atoms with Crippen LogP contribution in [0.2, 0.25) is 0 Å². The lowest BCUT2D eigenvalue weighted by Crippen LogP contribution is -2.49. The molecule has 2 aromatic carbocycles. The zero-order chi connectivity index (χ0) is 19.3. The van der Waals surface area contributed by atoms with E-state index in [2.05, 4.69) is 11.0 Å². The number of rotatable bonds is 7. The number of para-hydroxylation sites is 1. The molecule has 1 aliphatic heterocycles. The summed E-state index contributed by atoms with van der Waals surface area (Å²) in [4.78, 5) is 2.61. The normalized spacial score (nSPS) is 16.2. The highest BCUT2D eigenvalue weighted by atomic mass is 32.2. The van der Waals surface area contributed by atoms with Gasteiger partial charge < -0.3 is 14.4 Å². The minimum absolute atomic E-state index is 0.311. The number of hydrogen-bond donors (Lipinski definition) is 0. The fraction of sp³-hybridized carbons (Fsp3) is 0.400. The van der Waals surface area contributed by atoms with Gasteiger partial charge in [-0.15, -0.1) is 0 Å². The van der Waals surface area contributed by atoms with Crippen molar-refractivity contribution in [3.63, 3.8) is 0 Å². The Morgan fingerprint density at radius 3 is 2.19 bits per heavy atom. The number of piperazine rings is 1. The van der Waals surface area contributed by atoms with Gasteiger partial charge in [-0.1, -0.05) is 18.2 Å². The molecule has 0 N–H and O–H groups in total. The molecule has 0 unspecified atom stereocenters. The van der Waals surface area contributed by atoms with Gasteiger partial charge in [0.25, 0.3) is 0 Å². The maximum absolute atomic E-state index is 12.8. The molecule has 0 spiro atoms. The van der Waals surface area contributed by atoms with Crippen molar-refractivity contribution in [1.82, 2.24) is 9.21 Å². The van der Waals surface area contributed by atoms with E-state index in [4.69, 9.17) is 9.47 Å². The van der Waals surface area contributed by atoms with E-state index in [0.717, 1.165) is 31.8 Å². The molecular formula is C20H26N2O4S. The average molecular weight is 391 g/mol. The van der Waals surface area contributed by atoms with Crippen LogP contribution in [0.5, 0.6) is 11.5 Å². The average Bonchev–Trinajstić information content (AvgIpc) is 2.72. The van der Waals surface area contributed by atoms with E-state index >= 15 is 0 Å². The van der Waals surface area contributed by atoms with Crippen molar-refractivity contribution in [3.8, 4) is 11.5 Å². The van der Waals surface area contributed by atoms with Crippen LogP contribution in [0, 0.1) is 0 Å². The maximum atomic E-state index is 12.8. The highest BCUT2D eigenvalue weighted by Gasteiger charge is 2.28. The summed E-state index contributed by atoms with van der Waals surface area (Å²) >= 11 is 0. The molecule has 6 nitrogen and oxygen atoms in total. The second kappa shape index (κ2) is 8.73. The van der Waals surface area contributed by atoms with Crippen molar-refractivity contribution < 1.29 is 17.9 Å². The second-order valence-electron chi connectivity index (χ2n) is 6.48. The Hall–Kier alpha value is -2.09. The van der Waals surface area contributed by atoms with E-state index in [0.29, 0.717) is 23.7 Å². The van der Waals surface area contributed by atoms with Crippen LogP contribution in [0.15, 0.2) is 53.4 Å². The maximum Gasteiger partial charge on any atom is 0.243 e. The van der Waals surface area contributed by atoms with E-state index in [9.17, 15) is 8.42 Å².